The second-order valence-corrected chi connectivity index (χ2v) is 4.35. The Morgan fingerprint density at radius 3 is 2.41 bits per heavy atom. The highest BCUT2D eigenvalue weighted by atomic mass is 16.3. The summed E-state index contributed by atoms with van der Waals surface area (Å²) in [7, 11) is 1.92. The van der Waals surface area contributed by atoms with Crippen molar-refractivity contribution < 1.29 is 5.11 Å². The molecule has 0 fully saturated rings. The van der Waals surface area contributed by atoms with E-state index in [4.69, 9.17) is 0 Å². The van der Waals surface area contributed by atoms with Crippen LogP contribution in [0.3, 0.4) is 0 Å². The number of hydrogen-bond donors (Lipinski definition) is 1. The number of hydrogen-bond acceptors (Lipinski definition) is 4. The van der Waals surface area contributed by atoms with Gasteiger partial charge in [0.05, 0.1) is 22.8 Å². The highest BCUT2D eigenvalue weighted by Gasteiger charge is 2.11. The Morgan fingerprint density at radius 2 is 1.82 bits per heavy atom. The summed E-state index contributed by atoms with van der Waals surface area (Å²) in [5.41, 5.74) is 2.66. The maximum absolute atomic E-state index is 9.40. The fourth-order valence-corrected chi connectivity index (χ4v) is 1.92. The molecule has 1 N–H and O–H groups in total. The van der Waals surface area contributed by atoms with Gasteiger partial charge in [-0.15, -0.1) is 0 Å². The molecule has 1 unspecified atom stereocenters. The smallest absolute Gasteiger partial charge is 0.150 e. The van der Waals surface area contributed by atoms with Crippen molar-refractivity contribution in [3.05, 3.63) is 30.0 Å². The van der Waals surface area contributed by atoms with Crippen LogP contribution in [0.15, 0.2) is 24.3 Å². The van der Waals surface area contributed by atoms with Crippen molar-refractivity contribution in [2.75, 3.05) is 18.5 Å². The van der Waals surface area contributed by atoms with E-state index >= 15 is 0 Å². The van der Waals surface area contributed by atoms with Crippen molar-refractivity contribution in [2.24, 2.45) is 0 Å². The molecule has 0 aliphatic rings. The number of likely N-dealkylation sites (N-methyl/N-ethyl adjacent to an activating group) is 1. The quantitative estimate of drug-likeness (QED) is 0.874. The molecule has 0 aliphatic carbocycles. The first kappa shape index (κ1) is 11.8. The van der Waals surface area contributed by atoms with E-state index in [1.54, 1.807) is 6.92 Å². The lowest BCUT2D eigenvalue weighted by molar-refractivity contribution is 0.201. The monoisotopic (exact) mass is 231 g/mol. The van der Waals surface area contributed by atoms with Crippen LogP contribution in [0.4, 0.5) is 5.82 Å². The van der Waals surface area contributed by atoms with Gasteiger partial charge in [0.2, 0.25) is 0 Å². The summed E-state index contributed by atoms with van der Waals surface area (Å²) in [5.74, 6) is 0.824. The van der Waals surface area contributed by atoms with Gasteiger partial charge in [-0.25, -0.2) is 9.97 Å². The summed E-state index contributed by atoms with van der Waals surface area (Å²) in [6.07, 6.45) is -0.382. The van der Waals surface area contributed by atoms with Crippen molar-refractivity contribution in [2.45, 2.75) is 20.0 Å². The predicted molar refractivity (Wildman–Crippen MR) is 69.2 cm³/mol. The first-order valence-corrected chi connectivity index (χ1v) is 5.70. The van der Waals surface area contributed by atoms with Crippen LogP contribution >= 0.6 is 0 Å². The van der Waals surface area contributed by atoms with Crippen LogP contribution in [0.25, 0.3) is 11.0 Å². The SMILES string of the molecule is Cc1nc2ccccc2nc1N(C)CC(C)O. The average Bonchev–Trinajstić information content (AvgIpc) is 2.27. The van der Waals surface area contributed by atoms with E-state index in [2.05, 4.69) is 9.97 Å². The maximum atomic E-state index is 9.40. The second-order valence-electron chi connectivity index (χ2n) is 4.35. The van der Waals surface area contributed by atoms with Gasteiger partial charge in [-0.05, 0) is 26.0 Å². The lowest BCUT2D eigenvalue weighted by atomic mass is 10.2. The number of anilines is 1. The highest BCUT2D eigenvalue weighted by Crippen LogP contribution is 2.18. The highest BCUT2D eigenvalue weighted by molar-refractivity contribution is 5.76. The van der Waals surface area contributed by atoms with Gasteiger partial charge in [0, 0.05) is 13.6 Å². The fourth-order valence-electron chi connectivity index (χ4n) is 1.92. The molecule has 2 rings (SSSR count). The molecule has 0 amide bonds. The van der Waals surface area contributed by atoms with Crippen LogP contribution in [-0.2, 0) is 0 Å². The Bertz CT molecular complexity index is 525. The lowest BCUT2D eigenvalue weighted by Crippen LogP contribution is -2.28. The molecule has 0 bridgehead atoms. The van der Waals surface area contributed by atoms with Gasteiger partial charge in [-0.1, -0.05) is 12.1 Å². The second kappa shape index (κ2) is 4.67. The molecule has 4 heteroatoms. The minimum atomic E-state index is -0.382. The third kappa shape index (κ3) is 2.53. The molecule has 17 heavy (non-hydrogen) atoms. The van der Waals surface area contributed by atoms with Gasteiger partial charge in [0.25, 0.3) is 0 Å². The Balaban J connectivity index is 2.43. The van der Waals surface area contributed by atoms with Gasteiger partial charge in [-0.3, -0.25) is 0 Å². The number of fused-ring (bicyclic) bond motifs is 1. The molecule has 1 aromatic heterocycles. The number of aliphatic hydroxyl groups is 1. The van der Waals surface area contributed by atoms with E-state index in [0.717, 1.165) is 22.5 Å². The Morgan fingerprint density at radius 1 is 1.24 bits per heavy atom. The van der Waals surface area contributed by atoms with Crippen molar-refractivity contribution in [3.8, 4) is 0 Å². The molecule has 0 radical (unpaired) electrons. The molecule has 0 aliphatic heterocycles. The molecule has 2 aromatic rings. The molecule has 1 atom stereocenters. The zero-order valence-electron chi connectivity index (χ0n) is 10.4. The summed E-state index contributed by atoms with van der Waals surface area (Å²) in [6, 6.07) is 7.80. The third-order valence-corrected chi connectivity index (χ3v) is 2.62. The summed E-state index contributed by atoms with van der Waals surface area (Å²) < 4.78 is 0. The van der Waals surface area contributed by atoms with Gasteiger partial charge < -0.3 is 10.0 Å². The zero-order chi connectivity index (χ0) is 12.4. The molecule has 1 aromatic carbocycles. The van der Waals surface area contributed by atoms with Gasteiger partial charge in [-0.2, -0.15) is 0 Å². The number of rotatable bonds is 3. The Hall–Kier alpha value is -1.68. The molecule has 1 heterocycles. The topological polar surface area (TPSA) is 49.2 Å². The predicted octanol–water partition coefficient (Wildman–Crippen LogP) is 1.76. The molecule has 4 nitrogen and oxygen atoms in total. The summed E-state index contributed by atoms with van der Waals surface area (Å²) in [6.45, 7) is 4.25. The third-order valence-electron chi connectivity index (χ3n) is 2.62. The van der Waals surface area contributed by atoms with E-state index in [0.29, 0.717) is 6.54 Å². The van der Waals surface area contributed by atoms with Crippen molar-refractivity contribution in [3.63, 3.8) is 0 Å². The van der Waals surface area contributed by atoms with Crippen LogP contribution in [0.5, 0.6) is 0 Å². The van der Waals surface area contributed by atoms with Gasteiger partial charge in [0.1, 0.15) is 0 Å². The molecule has 90 valence electrons. The van der Waals surface area contributed by atoms with E-state index in [1.165, 1.54) is 0 Å². The molecule has 0 spiro atoms. The molecule has 0 saturated carbocycles. The largest absolute Gasteiger partial charge is 0.392 e. The number of aromatic nitrogens is 2. The zero-order valence-corrected chi connectivity index (χ0v) is 10.4. The molecular formula is C13H17N3O. The first-order chi connectivity index (χ1) is 8.08. The van der Waals surface area contributed by atoms with Crippen LogP contribution in [0, 0.1) is 6.92 Å². The average molecular weight is 231 g/mol. The number of para-hydroxylation sites is 2. The van der Waals surface area contributed by atoms with E-state index in [1.807, 2.05) is 43.1 Å². The minimum absolute atomic E-state index is 0.382. The number of aryl methyl sites for hydroxylation is 1. The fraction of sp³-hybridized carbons (Fsp3) is 0.385. The first-order valence-electron chi connectivity index (χ1n) is 5.70. The number of aliphatic hydroxyl groups excluding tert-OH is 1. The number of nitrogens with zero attached hydrogens (tertiary/aromatic N) is 3. The molecule has 0 saturated heterocycles. The minimum Gasteiger partial charge on any atom is -0.392 e. The van der Waals surface area contributed by atoms with Gasteiger partial charge in [0.15, 0.2) is 5.82 Å². The maximum Gasteiger partial charge on any atom is 0.150 e. The molecular weight excluding hydrogens is 214 g/mol. The van der Waals surface area contributed by atoms with Crippen molar-refractivity contribution in [1.29, 1.82) is 0 Å². The van der Waals surface area contributed by atoms with Crippen LogP contribution < -0.4 is 4.90 Å². The normalized spacial score (nSPS) is 12.7. The van der Waals surface area contributed by atoms with Crippen molar-refractivity contribution in [1.82, 2.24) is 9.97 Å². The summed E-state index contributed by atoms with van der Waals surface area (Å²) in [4.78, 5) is 11.0. The van der Waals surface area contributed by atoms with Crippen LogP contribution in [0.1, 0.15) is 12.6 Å². The van der Waals surface area contributed by atoms with Crippen LogP contribution in [-0.4, -0.2) is 34.8 Å². The van der Waals surface area contributed by atoms with E-state index < -0.39 is 0 Å². The number of benzene rings is 1. The summed E-state index contributed by atoms with van der Waals surface area (Å²) in [5, 5.41) is 9.40. The van der Waals surface area contributed by atoms with Crippen molar-refractivity contribution >= 4 is 16.9 Å². The van der Waals surface area contributed by atoms with E-state index in [-0.39, 0.29) is 6.10 Å². The van der Waals surface area contributed by atoms with Crippen LogP contribution in [0.2, 0.25) is 0 Å². The lowest BCUT2D eigenvalue weighted by Gasteiger charge is -2.21. The Labute approximate surface area is 101 Å². The van der Waals surface area contributed by atoms with Gasteiger partial charge >= 0.3 is 0 Å². The standard InChI is InChI=1S/C13H17N3O/c1-9(17)8-16(3)13-10(2)14-11-6-4-5-7-12(11)15-13/h4-7,9,17H,8H2,1-3H3. The van der Waals surface area contributed by atoms with E-state index in [9.17, 15) is 5.11 Å². The Kier molecular flexibility index (Phi) is 3.24. The summed E-state index contributed by atoms with van der Waals surface area (Å²) >= 11 is 0.